The Labute approximate surface area is 157 Å². The molecule has 1 aromatic rings. The van der Waals surface area contributed by atoms with E-state index in [1.165, 1.54) is 0 Å². The first-order valence-electron chi connectivity index (χ1n) is 7.48. The third-order valence-corrected chi connectivity index (χ3v) is 3.65. The monoisotopic (exact) mass is 404 g/mol. The second-order valence-electron chi connectivity index (χ2n) is 5.26. The summed E-state index contributed by atoms with van der Waals surface area (Å²) < 4.78 is 5.35. The minimum Gasteiger partial charge on any atom is -0.490 e. The van der Waals surface area contributed by atoms with Crippen molar-refractivity contribution in [1.82, 2.24) is 10.6 Å². The van der Waals surface area contributed by atoms with Gasteiger partial charge in [0.05, 0.1) is 11.0 Å². The number of nitrogens with zero attached hydrogens (tertiary/aromatic N) is 1. The van der Waals surface area contributed by atoms with E-state index >= 15 is 0 Å². The Morgan fingerprint density at radius 1 is 1.30 bits per heavy atom. The molecule has 1 unspecified atom stereocenters. The maximum Gasteiger partial charge on any atom is 0.404 e. The number of amides is 3. The summed E-state index contributed by atoms with van der Waals surface area (Å²) in [4.78, 5) is 42.8. The summed E-state index contributed by atoms with van der Waals surface area (Å²) >= 11 is 5.90. The standard InChI is InChI=1S/C14H17ClN4O8/c15-11-9(19(25)26)4-7(12(16)20)5-10(11)27-6-8(18-14(23)24)2-1-3-17-13(21)22/h4-5,8,17-18H,1-3,6H2,(H2,16,20)(H,21,22)(H,23,24). The van der Waals surface area contributed by atoms with Gasteiger partial charge in [0.15, 0.2) is 5.02 Å². The molecule has 1 atom stereocenters. The lowest BCUT2D eigenvalue weighted by Gasteiger charge is -2.18. The molecule has 12 nitrogen and oxygen atoms in total. The molecule has 1 aromatic carbocycles. The minimum atomic E-state index is -1.34. The molecule has 6 N–H and O–H groups in total. The summed E-state index contributed by atoms with van der Waals surface area (Å²) in [5.41, 5.74) is 4.34. The maximum absolute atomic E-state index is 11.3. The van der Waals surface area contributed by atoms with Crippen LogP contribution in [0.25, 0.3) is 0 Å². The van der Waals surface area contributed by atoms with Crippen LogP contribution in [0.15, 0.2) is 12.1 Å². The average Bonchev–Trinajstić information content (AvgIpc) is 2.56. The van der Waals surface area contributed by atoms with E-state index in [-0.39, 0.29) is 35.9 Å². The Kier molecular flexibility index (Phi) is 8.07. The Bertz CT molecular complexity index is 742. The lowest BCUT2D eigenvalue weighted by molar-refractivity contribution is -0.384. The molecular formula is C14H17ClN4O8. The van der Waals surface area contributed by atoms with Crippen LogP contribution < -0.4 is 21.1 Å². The third-order valence-electron chi connectivity index (χ3n) is 3.27. The summed E-state index contributed by atoms with van der Waals surface area (Å²) in [6.07, 6.45) is -2.04. The molecule has 3 amide bonds. The van der Waals surface area contributed by atoms with Gasteiger partial charge in [-0.2, -0.15) is 0 Å². The van der Waals surface area contributed by atoms with E-state index < -0.39 is 34.7 Å². The highest BCUT2D eigenvalue weighted by atomic mass is 35.5. The van der Waals surface area contributed by atoms with Crippen LogP contribution in [0.4, 0.5) is 15.3 Å². The van der Waals surface area contributed by atoms with Crippen molar-refractivity contribution in [2.24, 2.45) is 5.73 Å². The molecule has 0 bridgehead atoms. The summed E-state index contributed by atoms with van der Waals surface area (Å²) in [5, 5.41) is 32.3. The van der Waals surface area contributed by atoms with Crippen LogP contribution >= 0.6 is 11.6 Å². The van der Waals surface area contributed by atoms with Gasteiger partial charge >= 0.3 is 12.2 Å². The number of rotatable bonds is 10. The van der Waals surface area contributed by atoms with E-state index in [9.17, 15) is 24.5 Å². The van der Waals surface area contributed by atoms with E-state index in [4.69, 9.17) is 32.3 Å². The van der Waals surface area contributed by atoms with Gasteiger partial charge in [-0.05, 0) is 18.9 Å². The van der Waals surface area contributed by atoms with Crippen molar-refractivity contribution in [3.63, 3.8) is 0 Å². The zero-order valence-corrected chi connectivity index (χ0v) is 14.6. The molecule has 0 heterocycles. The summed E-state index contributed by atoms with van der Waals surface area (Å²) in [6.45, 7) is -0.172. The van der Waals surface area contributed by atoms with Gasteiger partial charge in [0.2, 0.25) is 5.91 Å². The van der Waals surface area contributed by atoms with E-state index in [0.717, 1.165) is 12.1 Å². The van der Waals surface area contributed by atoms with Gasteiger partial charge in [-0.25, -0.2) is 9.59 Å². The second kappa shape index (κ2) is 10.0. The van der Waals surface area contributed by atoms with E-state index in [0.29, 0.717) is 6.42 Å². The fraction of sp³-hybridized carbons (Fsp3) is 0.357. The zero-order valence-electron chi connectivity index (χ0n) is 13.8. The number of nitrogens with two attached hydrogens (primary N) is 1. The number of halogens is 1. The SMILES string of the molecule is NC(=O)c1cc(OCC(CCCNC(=O)O)NC(=O)O)c(Cl)c([N+](=O)[O-])c1. The third kappa shape index (κ3) is 7.23. The van der Waals surface area contributed by atoms with Crippen molar-refractivity contribution in [3.8, 4) is 5.75 Å². The largest absolute Gasteiger partial charge is 0.490 e. The van der Waals surface area contributed by atoms with Crippen molar-refractivity contribution in [2.45, 2.75) is 18.9 Å². The molecule has 27 heavy (non-hydrogen) atoms. The van der Waals surface area contributed by atoms with Crippen LogP contribution in [-0.4, -0.2) is 52.4 Å². The molecule has 0 saturated carbocycles. The van der Waals surface area contributed by atoms with Gasteiger partial charge in [0.25, 0.3) is 5.69 Å². The average molecular weight is 405 g/mol. The van der Waals surface area contributed by atoms with Gasteiger partial charge in [0, 0.05) is 18.2 Å². The van der Waals surface area contributed by atoms with E-state index in [1.807, 2.05) is 0 Å². The number of nitro benzene ring substituents is 1. The van der Waals surface area contributed by atoms with Gasteiger partial charge in [-0.15, -0.1) is 0 Å². The first-order valence-corrected chi connectivity index (χ1v) is 7.86. The second-order valence-corrected chi connectivity index (χ2v) is 5.64. The predicted molar refractivity (Wildman–Crippen MR) is 92.3 cm³/mol. The molecule has 0 aliphatic heterocycles. The smallest absolute Gasteiger partial charge is 0.404 e. The molecule has 0 saturated heterocycles. The van der Waals surface area contributed by atoms with E-state index in [2.05, 4.69) is 10.6 Å². The number of primary amides is 1. The minimum absolute atomic E-state index is 0.0938. The fourth-order valence-electron chi connectivity index (χ4n) is 2.07. The molecule has 0 aliphatic rings. The summed E-state index contributed by atoms with van der Waals surface area (Å²) in [5.74, 6) is -1.14. The molecule has 0 spiro atoms. The Balaban J connectivity index is 2.89. The lowest BCUT2D eigenvalue weighted by Crippen LogP contribution is -2.39. The highest BCUT2D eigenvalue weighted by molar-refractivity contribution is 6.34. The fourth-order valence-corrected chi connectivity index (χ4v) is 2.30. The number of ether oxygens (including phenoxy) is 1. The van der Waals surface area contributed by atoms with Crippen LogP contribution in [0, 0.1) is 10.1 Å². The van der Waals surface area contributed by atoms with Crippen LogP contribution in [0.1, 0.15) is 23.2 Å². The number of hydrogen-bond acceptors (Lipinski definition) is 6. The van der Waals surface area contributed by atoms with Gasteiger partial charge in [-0.1, -0.05) is 11.6 Å². The predicted octanol–water partition coefficient (Wildman–Crippen LogP) is 1.41. The first kappa shape index (κ1) is 21.8. The van der Waals surface area contributed by atoms with Crippen LogP contribution in [0.5, 0.6) is 5.75 Å². The van der Waals surface area contributed by atoms with Crippen molar-refractivity contribution >= 4 is 35.4 Å². The number of nitrogens with one attached hydrogen (secondary N) is 2. The van der Waals surface area contributed by atoms with Crippen molar-refractivity contribution in [2.75, 3.05) is 13.2 Å². The topological polar surface area (TPSA) is 194 Å². The molecule has 0 aromatic heterocycles. The number of carboxylic acid groups (broad SMARTS) is 2. The van der Waals surface area contributed by atoms with Gasteiger partial charge in [0.1, 0.15) is 12.4 Å². The summed E-state index contributed by atoms with van der Waals surface area (Å²) in [6, 6.07) is 1.26. The molecule has 13 heteroatoms. The normalized spacial score (nSPS) is 11.3. The van der Waals surface area contributed by atoms with Crippen LogP contribution in [-0.2, 0) is 0 Å². The highest BCUT2D eigenvalue weighted by Gasteiger charge is 2.22. The Hall–Kier alpha value is -3.28. The molecule has 0 fully saturated rings. The number of carbonyl (C=O) groups is 3. The number of benzene rings is 1. The van der Waals surface area contributed by atoms with Crippen molar-refractivity contribution in [3.05, 3.63) is 32.8 Å². The van der Waals surface area contributed by atoms with Gasteiger partial charge in [-0.3, -0.25) is 14.9 Å². The van der Waals surface area contributed by atoms with Gasteiger partial charge < -0.3 is 31.3 Å². The quantitative estimate of drug-likeness (QED) is 0.219. The summed E-state index contributed by atoms with van der Waals surface area (Å²) in [7, 11) is 0. The number of hydrogen-bond donors (Lipinski definition) is 5. The van der Waals surface area contributed by atoms with Crippen LogP contribution in [0.3, 0.4) is 0 Å². The van der Waals surface area contributed by atoms with Crippen molar-refractivity contribution < 1.29 is 34.3 Å². The lowest BCUT2D eigenvalue weighted by atomic mass is 10.1. The highest BCUT2D eigenvalue weighted by Crippen LogP contribution is 2.35. The molecule has 1 rings (SSSR count). The maximum atomic E-state index is 11.3. The first-order chi connectivity index (χ1) is 12.6. The molecule has 0 radical (unpaired) electrons. The van der Waals surface area contributed by atoms with Crippen LogP contribution in [0.2, 0.25) is 5.02 Å². The Morgan fingerprint density at radius 3 is 2.48 bits per heavy atom. The zero-order chi connectivity index (χ0) is 20.6. The number of nitro groups is 1. The number of carbonyl (C=O) groups excluding carboxylic acids is 1. The molecule has 0 aliphatic carbocycles. The van der Waals surface area contributed by atoms with E-state index in [1.54, 1.807) is 0 Å². The molecule has 148 valence electrons. The Morgan fingerprint density at radius 2 is 1.96 bits per heavy atom. The van der Waals surface area contributed by atoms with Crippen molar-refractivity contribution in [1.29, 1.82) is 0 Å². The molecular weight excluding hydrogens is 388 g/mol.